The van der Waals surface area contributed by atoms with Crippen LogP contribution in [-0.2, 0) is 18.8 Å². The summed E-state index contributed by atoms with van der Waals surface area (Å²) in [5.41, 5.74) is 0.0580. The molecule has 1 aliphatic rings. The topological polar surface area (TPSA) is 101 Å². The Morgan fingerprint density at radius 2 is 1.74 bits per heavy atom. The van der Waals surface area contributed by atoms with E-state index >= 15 is 0 Å². The largest absolute Gasteiger partial charge is 0.481 e. The average Bonchev–Trinajstić information content (AvgIpc) is 2.34. The second kappa shape index (κ2) is 8.62. The van der Waals surface area contributed by atoms with Gasteiger partial charge in [0, 0.05) is 5.60 Å². The maximum absolute atomic E-state index is 10.8. The molecule has 0 spiro atoms. The van der Waals surface area contributed by atoms with Crippen LogP contribution in [0.3, 0.4) is 0 Å². The molecule has 1 aliphatic carbocycles. The van der Waals surface area contributed by atoms with Gasteiger partial charge in [-0.3, -0.25) is 4.79 Å². The van der Waals surface area contributed by atoms with E-state index in [1.54, 1.807) is 0 Å². The Balaban J connectivity index is 0.000000515. The average molecular weight is 340 g/mol. The van der Waals surface area contributed by atoms with Crippen LogP contribution in [0.4, 0.5) is 0 Å². The maximum Gasteiger partial charge on any atom is 0.335 e. The van der Waals surface area contributed by atoms with Gasteiger partial charge in [-0.05, 0) is 58.5 Å². The van der Waals surface area contributed by atoms with E-state index in [0.29, 0.717) is 0 Å². The van der Waals surface area contributed by atoms with Crippen molar-refractivity contribution in [2.24, 2.45) is 5.92 Å². The fraction of sp³-hybridized carbons (Fsp3) is 0.500. The summed E-state index contributed by atoms with van der Waals surface area (Å²) in [6.45, 7) is 12.0. The lowest BCUT2D eigenvalue weighted by Crippen LogP contribution is -2.25. The van der Waals surface area contributed by atoms with Gasteiger partial charge in [-0.25, -0.2) is 9.59 Å². The molecule has 1 unspecified atom stereocenters. The molecule has 0 bridgehead atoms. The van der Waals surface area contributed by atoms with E-state index in [0.717, 1.165) is 0 Å². The zero-order valence-electron chi connectivity index (χ0n) is 14.3. The third-order valence-electron chi connectivity index (χ3n) is 2.78. The van der Waals surface area contributed by atoms with Gasteiger partial charge in [-0.2, -0.15) is 0 Å². The van der Waals surface area contributed by atoms with Crippen LogP contribution in [0.1, 0.15) is 27.7 Å². The third-order valence-corrected chi connectivity index (χ3v) is 3.96. The lowest BCUT2D eigenvalue weighted by Gasteiger charge is -2.22. The van der Waals surface area contributed by atoms with Gasteiger partial charge in [0.25, 0.3) is 0 Å². The van der Waals surface area contributed by atoms with E-state index in [9.17, 15) is 14.4 Å². The second-order valence-corrected chi connectivity index (χ2v) is 8.68. The van der Waals surface area contributed by atoms with Crippen molar-refractivity contribution in [3.05, 3.63) is 28.9 Å². The highest BCUT2D eigenvalue weighted by Crippen LogP contribution is 2.28. The van der Waals surface area contributed by atoms with E-state index in [2.05, 4.69) is 33.9 Å². The first kappa shape index (κ1) is 21.0. The van der Waals surface area contributed by atoms with Crippen molar-refractivity contribution in [3.8, 4) is 0 Å². The summed E-state index contributed by atoms with van der Waals surface area (Å²) in [6, 6.07) is 0. The van der Waals surface area contributed by atoms with Gasteiger partial charge >= 0.3 is 11.9 Å². The molecule has 2 N–H and O–H groups in total. The second-order valence-electron chi connectivity index (χ2n) is 6.34. The van der Waals surface area contributed by atoms with Crippen molar-refractivity contribution in [2.45, 2.75) is 46.4 Å². The zero-order valence-corrected chi connectivity index (χ0v) is 15.5. The van der Waals surface area contributed by atoms with Gasteiger partial charge in [-0.1, -0.05) is 0 Å². The highest BCUT2D eigenvalue weighted by atomic mass is 28.3. The molecular formula is C16H24O6Si. The van der Waals surface area contributed by atoms with E-state index in [1.165, 1.54) is 25.0 Å². The molecular weight excluding hydrogens is 316 g/mol. The Labute approximate surface area is 137 Å². The van der Waals surface area contributed by atoms with Crippen molar-refractivity contribution >= 4 is 26.9 Å². The number of aliphatic carboxylic acids is 2. The first-order valence-electron chi connectivity index (χ1n) is 7.18. The van der Waals surface area contributed by atoms with Gasteiger partial charge in [0.1, 0.15) is 11.9 Å². The minimum atomic E-state index is -1.26. The van der Waals surface area contributed by atoms with E-state index < -0.39 is 26.9 Å². The van der Waals surface area contributed by atoms with Crippen LogP contribution in [0.15, 0.2) is 28.9 Å². The highest BCUT2D eigenvalue weighted by molar-refractivity contribution is 6.48. The van der Waals surface area contributed by atoms with Crippen molar-refractivity contribution in [3.63, 3.8) is 0 Å². The minimum absolute atomic E-state index is 0.0648. The summed E-state index contributed by atoms with van der Waals surface area (Å²) in [7, 11) is -0.796. The number of rotatable bonds is 3. The molecule has 128 valence electrons. The van der Waals surface area contributed by atoms with Gasteiger partial charge in [0.15, 0.2) is 9.04 Å². The molecule has 0 aromatic heterocycles. The lowest BCUT2D eigenvalue weighted by atomic mass is 9.85. The Bertz CT molecular complexity index is 574. The van der Waals surface area contributed by atoms with Crippen molar-refractivity contribution in [1.82, 2.24) is 0 Å². The molecule has 0 aliphatic heterocycles. The number of hydrogen-bond acceptors (Lipinski definition) is 4. The molecule has 23 heavy (non-hydrogen) atoms. The molecule has 0 fully saturated rings. The normalized spacial score (nSPS) is 17.5. The Hall–Kier alpha value is -1.95. The summed E-state index contributed by atoms with van der Waals surface area (Å²) in [5.74, 6) is -2.18. The monoisotopic (exact) mass is 340 g/mol. The number of hydrogen-bond donors (Lipinski definition) is 2. The van der Waals surface area contributed by atoms with Crippen LogP contribution in [0.2, 0.25) is 13.1 Å². The Morgan fingerprint density at radius 3 is 2.00 bits per heavy atom. The summed E-state index contributed by atoms with van der Waals surface area (Å²) in [6.07, 6.45) is 2.37. The van der Waals surface area contributed by atoms with Gasteiger partial charge in [0.05, 0.1) is 11.1 Å². The van der Waals surface area contributed by atoms with Crippen LogP contribution in [0.25, 0.3) is 0 Å². The molecule has 6 nitrogen and oxygen atoms in total. The predicted octanol–water partition coefficient (Wildman–Crippen LogP) is 2.20. The van der Waals surface area contributed by atoms with Gasteiger partial charge < -0.3 is 14.6 Å². The lowest BCUT2D eigenvalue weighted by molar-refractivity contribution is -0.139. The highest BCUT2D eigenvalue weighted by Gasteiger charge is 2.30. The van der Waals surface area contributed by atoms with Crippen molar-refractivity contribution < 1.29 is 29.0 Å². The molecule has 7 heteroatoms. The van der Waals surface area contributed by atoms with E-state index in [1.807, 2.05) is 0 Å². The smallest absolute Gasteiger partial charge is 0.335 e. The van der Waals surface area contributed by atoms with Crippen molar-refractivity contribution in [2.75, 3.05) is 0 Å². The first-order chi connectivity index (χ1) is 10.4. The summed E-state index contributed by atoms with van der Waals surface area (Å²) < 4.78 is 5.58. The van der Waals surface area contributed by atoms with E-state index in [4.69, 9.17) is 14.6 Å². The SMILES string of the molecule is CC1=C(C(=O)O)C=CC(=C=O)C1C(=O)O.C[SiH](C)OC(C)(C)C. The zero-order chi connectivity index (χ0) is 18.4. The molecule has 0 aromatic rings. The molecule has 0 aromatic carbocycles. The first-order valence-corrected chi connectivity index (χ1v) is 9.96. The standard InChI is InChI=1S/C10H8O5.C6H16OSi/c1-5-7(9(12)13)3-2-6(4-11)8(5)10(14)15;1-6(2,3)7-8(4)5/h2-3,8H,1H3,(H,12,13)(H,14,15);8H,1-5H3. The quantitative estimate of drug-likeness (QED) is 0.603. The molecule has 0 amide bonds. The number of carboxylic acid groups (broad SMARTS) is 2. The summed E-state index contributed by atoms with van der Waals surface area (Å²) >= 11 is 0. The summed E-state index contributed by atoms with van der Waals surface area (Å²) in [5, 5.41) is 17.6. The molecule has 1 atom stereocenters. The van der Waals surface area contributed by atoms with E-state index in [-0.39, 0.29) is 22.3 Å². The number of carbonyl (C=O) groups excluding carboxylic acids is 1. The molecule has 1 rings (SSSR count). The van der Waals surface area contributed by atoms with Crippen LogP contribution < -0.4 is 0 Å². The fourth-order valence-electron chi connectivity index (χ4n) is 2.15. The van der Waals surface area contributed by atoms with Crippen LogP contribution in [-0.4, -0.2) is 42.7 Å². The van der Waals surface area contributed by atoms with Gasteiger partial charge in [-0.15, -0.1) is 0 Å². The number of carbonyl (C=O) groups is 2. The molecule has 0 radical (unpaired) electrons. The predicted molar refractivity (Wildman–Crippen MR) is 89.5 cm³/mol. The van der Waals surface area contributed by atoms with Crippen LogP contribution in [0.5, 0.6) is 0 Å². The third kappa shape index (κ3) is 7.23. The molecule has 0 saturated carbocycles. The van der Waals surface area contributed by atoms with Crippen LogP contribution in [0, 0.1) is 5.92 Å². The minimum Gasteiger partial charge on any atom is -0.481 e. The Kier molecular flexibility index (Phi) is 7.89. The van der Waals surface area contributed by atoms with Gasteiger partial charge in [0.2, 0.25) is 0 Å². The molecule has 0 heterocycles. The Morgan fingerprint density at radius 1 is 1.22 bits per heavy atom. The number of allylic oxidation sites excluding steroid dienone is 1. The van der Waals surface area contributed by atoms with Crippen molar-refractivity contribution in [1.29, 1.82) is 0 Å². The summed E-state index contributed by atoms with van der Waals surface area (Å²) in [4.78, 5) is 32.0. The molecule has 0 saturated heterocycles. The van der Waals surface area contributed by atoms with Crippen LogP contribution >= 0.6 is 0 Å². The fourth-order valence-corrected chi connectivity index (χ4v) is 3.56. The number of carboxylic acids is 2. The maximum atomic E-state index is 10.8.